The first-order valence-electron chi connectivity index (χ1n) is 7.64. The predicted octanol–water partition coefficient (Wildman–Crippen LogP) is 0.720. The van der Waals surface area contributed by atoms with Gasteiger partial charge in [-0.3, -0.25) is 0 Å². The van der Waals surface area contributed by atoms with Crippen molar-refractivity contribution in [3.05, 3.63) is 0 Å². The summed E-state index contributed by atoms with van der Waals surface area (Å²) >= 11 is 0. The molecule has 2 unspecified atom stereocenters. The molecule has 20 heavy (non-hydrogen) atoms. The van der Waals surface area contributed by atoms with Crippen molar-refractivity contribution in [1.82, 2.24) is 10.2 Å². The number of methoxy groups -OCH3 is 1. The van der Waals surface area contributed by atoms with E-state index in [2.05, 4.69) is 31.1 Å². The van der Waals surface area contributed by atoms with Gasteiger partial charge < -0.3 is 24.8 Å². The molecule has 1 heterocycles. The van der Waals surface area contributed by atoms with Crippen molar-refractivity contribution in [3.8, 4) is 0 Å². The highest BCUT2D eigenvalue weighted by Crippen LogP contribution is 2.29. The Morgan fingerprint density at radius 1 is 1.45 bits per heavy atom. The van der Waals surface area contributed by atoms with Crippen LogP contribution in [0.5, 0.6) is 0 Å². The Balaban J connectivity index is 2.50. The molecule has 5 heteroatoms. The summed E-state index contributed by atoms with van der Waals surface area (Å²) in [6.45, 7) is 8.95. The highest BCUT2D eigenvalue weighted by Gasteiger charge is 2.34. The summed E-state index contributed by atoms with van der Waals surface area (Å²) in [5, 5.41) is 13.4. The molecule has 0 aromatic carbocycles. The maximum Gasteiger partial charge on any atom is 0.0899 e. The molecule has 0 aromatic heterocycles. The zero-order valence-corrected chi connectivity index (χ0v) is 13.5. The third-order valence-electron chi connectivity index (χ3n) is 3.78. The largest absolute Gasteiger partial charge is 0.389 e. The van der Waals surface area contributed by atoms with Gasteiger partial charge in [0.1, 0.15) is 0 Å². The van der Waals surface area contributed by atoms with Crippen LogP contribution in [0.25, 0.3) is 0 Å². The van der Waals surface area contributed by atoms with Gasteiger partial charge in [-0.25, -0.2) is 0 Å². The van der Waals surface area contributed by atoms with E-state index in [0.29, 0.717) is 19.2 Å². The van der Waals surface area contributed by atoms with Crippen LogP contribution >= 0.6 is 0 Å². The van der Waals surface area contributed by atoms with Crippen LogP contribution in [0.2, 0.25) is 0 Å². The molecule has 1 rings (SSSR count). The molecule has 1 aliphatic heterocycles. The zero-order valence-electron chi connectivity index (χ0n) is 13.5. The quantitative estimate of drug-likeness (QED) is 0.655. The number of aliphatic hydroxyl groups is 1. The average Bonchev–Trinajstić information content (AvgIpc) is 2.37. The molecule has 0 bridgehead atoms. The second-order valence-corrected chi connectivity index (χ2v) is 6.50. The minimum absolute atomic E-state index is 0.157. The van der Waals surface area contributed by atoms with E-state index in [-0.39, 0.29) is 5.41 Å². The third-order valence-corrected chi connectivity index (χ3v) is 3.78. The van der Waals surface area contributed by atoms with Crippen molar-refractivity contribution in [2.24, 2.45) is 5.41 Å². The fourth-order valence-electron chi connectivity index (χ4n) is 2.89. The van der Waals surface area contributed by atoms with Gasteiger partial charge in [0.25, 0.3) is 0 Å². The molecule has 120 valence electrons. The van der Waals surface area contributed by atoms with E-state index in [0.717, 1.165) is 32.7 Å². The van der Waals surface area contributed by atoms with Crippen LogP contribution in [0.1, 0.15) is 26.7 Å². The minimum Gasteiger partial charge on any atom is -0.389 e. The molecular weight excluding hydrogens is 256 g/mol. The summed E-state index contributed by atoms with van der Waals surface area (Å²) in [5.41, 5.74) is 0.157. The van der Waals surface area contributed by atoms with Crippen molar-refractivity contribution in [1.29, 1.82) is 0 Å². The standard InChI is InChI=1S/C15H32N2O3/c1-13(2)16-10-15(6-5-7-20-12-15)11-17(3)8-14(18)9-19-4/h13-14,16,18H,5-12H2,1-4H3. The third kappa shape index (κ3) is 6.50. The van der Waals surface area contributed by atoms with Crippen LogP contribution in [0.15, 0.2) is 0 Å². The molecule has 0 radical (unpaired) electrons. The first-order chi connectivity index (χ1) is 9.47. The molecule has 0 saturated carbocycles. The maximum absolute atomic E-state index is 9.84. The van der Waals surface area contributed by atoms with E-state index in [1.165, 1.54) is 6.42 Å². The predicted molar refractivity (Wildman–Crippen MR) is 81.0 cm³/mol. The van der Waals surface area contributed by atoms with Crippen molar-refractivity contribution >= 4 is 0 Å². The molecule has 1 fully saturated rings. The molecule has 0 amide bonds. The molecule has 1 aliphatic rings. The second kappa shape index (κ2) is 8.95. The first kappa shape index (κ1) is 17.9. The monoisotopic (exact) mass is 288 g/mol. The van der Waals surface area contributed by atoms with E-state index < -0.39 is 6.10 Å². The zero-order chi connectivity index (χ0) is 15.0. The number of ether oxygens (including phenoxy) is 2. The second-order valence-electron chi connectivity index (χ2n) is 6.50. The number of aliphatic hydroxyl groups excluding tert-OH is 1. The Morgan fingerprint density at radius 2 is 2.20 bits per heavy atom. The summed E-state index contributed by atoms with van der Waals surface area (Å²) in [5.74, 6) is 0. The van der Waals surface area contributed by atoms with Gasteiger partial charge >= 0.3 is 0 Å². The van der Waals surface area contributed by atoms with Crippen molar-refractivity contribution in [2.75, 3.05) is 53.6 Å². The van der Waals surface area contributed by atoms with Crippen LogP contribution in [0, 0.1) is 5.41 Å². The van der Waals surface area contributed by atoms with Crippen LogP contribution < -0.4 is 5.32 Å². The van der Waals surface area contributed by atoms with Crippen molar-refractivity contribution in [3.63, 3.8) is 0 Å². The average molecular weight is 288 g/mol. The van der Waals surface area contributed by atoms with E-state index in [1.807, 2.05) is 0 Å². The Bertz CT molecular complexity index is 256. The van der Waals surface area contributed by atoms with Gasteiger partial charge in [0, 0.05) is 44.8 Å². The molecule has 2 atom stereocenters. The van der Waals surface area contributed by atoms with Gasteiger partial charge in [-0.2, -0.15) is 0 Å². The van der Waals surface area contributed by atoms with Gasteiger partial charge in [-0.05, 0) is 19.9 Å². The van der Waals surface area contributed by atoms with Gasteiger partial charge in [0.05, 0.1) is 19.3 Å². The Labute approximate surface area is 123 Å². The van der Waals surface area contributed by atoms with E-state index >= 15 is 0 Å². The fraction of sp³-hybridized carbons (Fsp3) is 1.00. The van der Waals surface area contributed by atoms with E-state index in [4.69, 9.17) is 9.47 Å². The number of likely N-dealkylation sites (N-methyl/N-ethyl adjacent to an activating group) is 1. The summed E-state index contributed by atoms with van der Waals surface area (Å²) in [4.78, 5) is 2.19. The highest BCUT2D eigenvalue weighted by molar-refractivity contribution is 4.87. The van der Waals surface area contributed by atoms with Gasteiger partial charge in [0.2, 0.25) is 0 Å². The minimum atomic E-state index is -0.426. The summed E-state index contributed by atoms with van der Waals surface area (Å²) < 4.78 is 10.7. The lowest BCUT2D eigenvalue weighted by atomic mass is 9.81. The topological polar surface area (TPSA) is 54.0 Å². The lowest BCUT2D eigenvalue weighted by Gasteiger charge is -2.41. The summed E-state index contributed by atoms with van der Waals surface area (Å²) in [7, 11) is 3.68. The molecule has 0 aromatic rings. The Hall–Kier alpha value is -0.200. The number of hydrogen-bond acceptors (Lipinski definition) is 5. The van der Waals surface area contributed by atoms with Crippen LogP contribution in [-0.2, 0) is 9.47 Å². The van der Waals surface area contributed by atoms with Gasteiger partial charge in [-0.1, -0.05) is 13.8 Å². The number of nitrogens with one attached hydrogen (secondary N) is 1. The Kier molecular flexibility index (Phi) is 7.99. The smallest absolute Gasteiger partial charge is 0.0899 e. The number of hydrogen-bond donors (Lipinski definition) is 2. The molecule has 2 N–H and O–H groups in total. The van der Waals surface area contributed by atoms with Crippen LogP contribution in [0.3, 0.4) is 0 Å². The lowest BCUT2D eigenvalue weighted by molar-refractivity contribution is -0.0324. The highest BCUT2D eigenvalue weighted by atomic mass is 16.5. The molecule has 0 spiro atoms. The van der Waals surface area contributed by atoms with Crippen molar-refractivity contribution in [2.45, 2.75) is 38.8 Å². The SMILES string of the molecule is COCC(O)CN(C)CC1(CNC(C)C)CCCOC1. The van der Waals surface area contributed by atoms with Crippen LogP contribution in [0.4, 0.5) is 0 Å². The molecule has 0 aliphatic carbocycles. The van der Waals surface area contributed by atoms with Gasteiger partial charge in [-0.15, -0.1) is 0 Å². The van der Waals surface area contributed by atoms with Crippen LogP contribution in [-0.4, -0.2) is 75.8 Å². The summed E-state index contributed by atoms with van der Waals surface area (Å²) in [6.07, 6.45) is 1.87. The van der Waals surface area contributed by atoms with E-state index in [9.17, 15) is 5.11 Å². The van der Waals surface area contributed by atoms with Crippen molar-refractivity contribution < 1.29 is 14.6 Å². The fourth-order valence-corrected chi connectivity index (χ4v) is 2.89. The number of nitrogens with zero attached hydrogens (tertiary/aromatic N) is 1. The summed E-state index contributed by atoms with van der Waals surface area (Å²) in [6, 6.07) is 0.484. The molecule has 1 saturated heterocycles. The molecule has 5 nitrogen and oxygen atoms in total. The number of rotatable bonds is 9. The lowest BCUT2D eigenvalue weighted by Crippen LogP contribution is -2.50. The molecular formula is C15H32N2O3. The maximum atomic E-state index is 9.84. The van der Waals surface area contributed by atoms with Gasteiger partial charge in [0.15, 0.2) is 0 Å². The normalized spacial score (nSPS) is 25.4. The van der Waals surface area contributed by atoms with E-state index in [1.54, 1.807) is 7.11 Å². The Morgan fingerprint density at radius 3 is 2.75 bits per heavy atom. The first-order valence-corrected chi connectivity index (χ1v) is 7.64.